The van der Waals surface area contributed by atoms with Gasteiger partial charge in [-0.3, -0.25) is 4.57 Å². The van der Waals surface area contributed by atoms with Crippen LogP contribution >= 0.6 is 0 Å². The predicted molar refractivity (Wildman–Crippen MR) is 232 cm³/mol. The lowest BCUT2D eigenvalue weighted by atomic mass is 10.0. The second-order valence-electron chi connectivity index (χ2n) is 14.4. The van der Waals surface area contributed by atoms with Crippen molar-refractivity contribution in [2.24, 2.45) is 0 Å². The molecule has 0 aliphatic carbocycles. The van der Waals surface area contributed by atoms with Crippen molar-refractivity contribution in [3.63, 3.8) is 0 Å². The van der Waals surface area contributed by atoms with Crippen LogP contribution in [0.4, 0.5) is 0 Å². The maximum Gasteiger partial charge on any atom is 0.238 e. The third-order valence-corrected chi connectivity index (χ3v) is 11.2. The molecule has 12 rings (SSSR count). The van der Waals surface area contributed by atoms with E-state index < -0.39 is 0 Å². The Balaban J connectivity index is 1.03. The number of nitrogens with zero attached hydrogens (tertiary/aromatic N) is 5. The Morgan fingerprint density at radius 1 is 0.351 bits per heavy atom. The van der Waals surface area contributed by atoms with Gasteiger partial charge in [0, 0.05) is 43.7 Å². The zero-order valence-corrected chi connectivity index (χ0v) is 30.5. The lowest BCUT2D eigenvalue weighted by Crippen LogP contribution is -2.06. The highest BCUT2D eigenvalue weighted by molar-refractivity contribution is 6.24. The summed E-state index contributed by atoms with van der Waals surface area (Å²) in [6.07, 6.45) is 0. The predicted octanol–water partition coefficient (Wildman–Crippen LogP) is 13.0. The van der Waals surface area contributed by atoms with Crippen LogP contribution in [0.3, 0.4) is 0 Å². The molecule has 0 saturated heterocycles. The summed E-state index contributed by atoms with van der Waals surface area (Å²) in [6, 6.07) is 65.6. The zero-order chi connectivity index (χ0) is 37.5. The molecule has 12 aromatic rings. The first-order chi connectivity index (χ1) is 28.3. The standard InChI is InChI=1S/C51H31N5O/c1-3-14-32(15-4-1)49-52-50(33-16-5-2-6-17-33)54-51(53-49)56-42-23-10-7-20-37(42)41-31-35(26-28-44(41)56)34-18-13-19-36(30-34)55-43-24-11-8-22-40(43)47-45(55)29-27-39-38-21-9-12-25-46(38)57-48(39)47/h1-31H. The average Bonchev–Trinajstić information content (AvgIpc) is 3.94. The fraction of sp³-hybridized carbons (Fsp3) is 0. The number of hydrogen-bond acceptors (Lipinski definition) is 4. The minimum absolute atomic E-state index is 0.577. The maximum absolute atomic E-state index is 6.56. The molecule has 4 heterocycles. The van der Waals surface area contributed by atoms with Gasteiger partial charge in [-0.15, -0.1) is 0 Å². The lowest BCUT2D eigenvalue weighted by Gasteiger charge is -2.12. The number of fused-ring (bicyclic) bond motifs is 10. The summed E-state index contributed by atoms with van der Waals surface area (Å²) >= 11 is 0. The molecule has 0 atom stereocenters. The summed E-state index contributed by atoms with van der Waals surface area (Å²) in [5.74, 6) is 1.84. The molecular weight excluding hydrogens is 699 g/mol. The lowest BCUT2D eigenvalue weighted by molar-refractivity contribution is 0.673. The van der Waals surface area contributed by atoms with E-state index in [1.807, 2.05) is 72.8 Å². The number of aromatic nitrogens is 5. The van der Waals surface area contributed by atoms with Gasteiger partial charge in [-0.2, -0.15) is 9.97 Å². The summed E-state index contributed by atoms with van der Waals surface area (Å²) in [5.41, 5.74) is 11.3. The Kier molecular flexibility index (Phi) is 6.83. The van der Waals surface area contributed by atoms with Crippen molar-refractivity contribution in [1.29, 1.82) is 0 Å². The molecule has 57 heavy (non-hydrogen) atoms. The van der Waals surface area contributed by atoms with Crippen LogP contribution in [0.2, 0.25) is 0 Å². The van der Waals surface area contributed by atoms with Gasteiger partial charge in [-0.25, -0.2) is 4.98 Å². The molecule has 0 unspecified atom stereocenters. The highest BCUT2D eigenvalue weighted by Crippen LogP contribution is 2.41. The van der Waals surface area contributed by atoms with Crippen LogP contribution < -0.4 is 0 Å². The normalized spacial score (nSPS) is 11.9. The Morgan fingerprint density at radius 2 is 0.930 bits per heavy atom. The third kappa shape index (κ3) is 4.87. The third-order valence-electron chi connectivity index (χ3n) is 11.2. The molecule has 0 aliphatic rings. The largest absolute Gasteiger partial charge is 0.455 e. The van der Waals surface area contributed by atoms with Gasteiger partial charge in [-0.1, -0.05) is 133 Å². The average molecular weight is 730 g/mol. The fourth-order valence-electron chi connectivity index (χ4n) is 8.60. The van der Waals surface area contributed by atoms with Crippen molar-refractivity contribution in [2.75, 3.05) is 0 Å². The fourth-order valence-corrected chi connectivity index (χ4v) is 8.60. The van der Waals surface area contributed by atoms with Gasteiger partial charge < -0.3 is 8.98 Å². The molecule has 0 fully saturated rings. The molecule has 4 aromatic heterocycles. The van der Waals surface area contributed by atoms with Gasteiger partial charge in [0.05, 0.1) is 27.5 Å². The van der Waals surface area contributed by atoms with E-state index in [0.717, 1.165) is 88.1 Å². The van der Waals surface area contributed by atoms with E-state index in [0.29, 0.717) is 17.6 Å². The minimum Gasteiger partial charge on any atom is -0.455 e. The smallest absolute Gasteiger partial charge is 0.238 e. The monoisotopic (exact) mass is 729 g/mol. The van der Waals surface area contributed by atoms with Crippen LogP contribution in [0.25, 0.3) is 111 Å². The Hall–Kier alpha value is -7.83. The van der Waals surface area contributed by atoms with E-state index in [1.54, 1.807) is 0 Å². The molecule has 6 nitrogen and oxygen atoms in total. The molecule has 0 aliphatic heterocycles. The van der Waals surface area contributed by atoms with E-state index in [-0.39, 0.29) is 0 Å². The zero-order valence-electron chi connectivity index (χ0n) is 30.5. The van der Waals surface area contributed by atoms with Gasteiger partial charge in [0.25, 0.3) is 0 Å². The first-order valence-corrected chi connectivity index (χ1v) is 19.1. The van der Waals surface area contributed by atoms with Crippen LogP contribution in [0, 0.1) is 0 Å². The molecule has 8 aromatic carbocycles. The summed E-state index contributed by atoms with van der Waals surface area (Å²) in [5, 5.41) is 6.82. The molecule has 0 saturated carbocycles. The molecule has 0 N–H and O–H groups in total. The summed E-state index contributed by atoms with van der Waals surface area (Å²) in [6.45, 7) is 0. The first-order valence-electron chi connectivity index (χ1n) is 19.1. The Labute approximate surface area is 326 Å². The van der Waals surface area contributed by atoms with E-state index in [4.69, 9.17) is 19.4 Å². The topological polar surface area (TPSA) is 61.7 Å². The molecule has 0 bridgehead atoms. The molecule has 0 radical (unpaired) electrons. The van der Waals surface area contributed by atoms with Crippen molar-refractivity contribution in [3.05, 3.63) is 188 Å². The summed E-state index contributed by atoms with van der Waals surface area (Å²) < 4.78 is 11.1. The molecule has 266 valence electrons. The van der Waals surface area contributed by atoms with Gasteiger partial charge >= 0.3 is 0 Å². The molecule has 6 heteroatoms. The number of benzene rings is 8. The van der Waals surface area contributed by atoms with Crippen molar-refractivity contribution in [2.45, 2.75) is 0 Å². The van der Waals surface area contributed by atoms with Crippen molar-refractivity contribution < 1.29 is 4.42 Å². The van der Waals surface area contributed by atoms with Crippen LogP contribution in [0.15, 0.2) is 192 Å². The molecule has 0 amide bonds. The number of rotatable bonds is 5. The summed E-state index contributed by atoms with van der Waals surface area (Å²) in [4.78, 5) is 15.2. The number of furan rings is 1. The Bertz CT molecular complexity index is 3470. The summed E-state index contributed by atoms with van der Waals surface area (Å²) in [7, 11) is 0. The second kappa shape index (κ2) is 12.3. The van der Waals surface area contributed by atoms with Crippen LogP contribution in [0.5, 0.6) is 0 Å². The maximum atomic E-state index is 6.56. The van der Waals surface area contributed by atoms with Crippen molar-refractivity contribution >= 4 is 65.6 Å². The van der Waals surface area contributed by atoms with Crippen LogP contribution in [0.1, 0.15) is 0 Å². The quantitative estimate of drug-likeness (QED) is 0.177. The van der Waals surface area contributed by atoms with E-state index in [2.05, 4.69) is 124 Å². The first kappa shape index (κ1) is 31.5. The van der Waals surface area contributed by atoms with Gasteiger partial charge in [0.1, 0.15) is 11.2 Å². The second-order valence-corrected chi connectivity index (χ2v) is 14.4. The van der Waals surface area contributed by atoms with Crippen LogP contribution in [-0.4, -0.2) is 24.1 Å². The highest BCUT2D eigenvalue weighted by Gasteiger charge is 2.21. The van der Waals surface area contributed by atoms with Gasteiger partial charge in [0.15, 0.2) is 11.6 Å². The van der Waals surface area contributed by atoms with E-state index in [9.17, 15) is 0 Å². The Morgan fingerprint density at radius 3 is 1.68 bits per heavy atom. The molecular formula is C51H31N5O. The van der Waals surface area contributed by atoms with Gasteiger partial charge in [-0.05, 0) is 65.7 Å². The van der Waals surface area contributed by atoms with Crippen molar-refractivity contribution in [1.82, 2.24) is 24.1 Å². The van der Waals surface area contributed by atoms with E-state index >= 15 is 0 Å². The van der Waals surface area contributed by atoms with Crippen molar-refractivity contribution in [3.8, 4) is 45.5 Å². The molecule has 0 spiro atoms. The minimum atomic E-state index is 0.577. The highest BCUT2D eigenvalue weighted by atomic mass is 16.3. The number of hydrogen-bond donors (Lipinski definition) is 0. The van der Waals surface area contributed by atoms with Gasteiger partial charge in [0.2, 0.25) is 5.95 Å². The number of para-hydroxylation sites is 3. The van der Waals surface area contributed by atoms with E-state index in [1.165, 1.54) is 5.39 Å². The van der Waals surface area contributed by atoms with Crippen LogP contribution in [-0.2, 0) is 0 Å². The SMILES string of the molecule is c1ccc(-c2nc(-c3ccccc3)nc(-n3c4ccccc4c4cc(-c5cccc(-n6c7ccccc7c7c8oc9ccccc9c8ccc76)c5)ccc43)n2)cc1.